The zero-order chi connectivity index (χ0) is 15.0. The quantitative estimate of drug-likeness (QED) is 0.701. The highest BCUT2D eigenvalue weighted by Crippen LogP contribution is 2.34. The monoisotopic (exact) mass is 296 g/mol. The van der Waals surface area contributed by atoms with Crippen LogP contribution in [0, 0.1) is 0 Å². The number of H-pyrrole nitrogens is 1. The van der Waals surface area contributed by atoms with Crippen LogP contribution in [0.2, 0.25) is 0 Å². The molecule has 0 fully saturated rings. The molecule has 0 bridgehead atoms. The van der Waals surface area contributed by atoms with Crippen molar-refractivity contribution in [3.05, 3.63) is 30.1 Å². The Morgan fingerprint density at radius 3 is 2.71 bits per heavy atom. The van der Waals surface area contributed by atoms with Crippen LogP contribution in [0.5, 0.6) is 0 Å². The summed E-state index contributed by atoms with van der Waals surface area (Å²) in [5.74, 6) is 0.167. The summed E-state index contributed by atoms with van der Waals surface area (Å²) in [5, 5.41) is 9.74. The first-order valence-electron chi connectivity index (χ1n) is 5.61. The van der Waals surface area contributed by atoms with Gasteiger partial charge >= 0.3 is 6.18 Å². The summed E-state index contributed by atoms with van der Waals surface area (Å²) in [7, 11) is 0. The molecule has 1 aromatic carbocycles. The highest BCUT2D eigenvalue weighted by molar-refractivity contribution is 5.72. The van der Waals surface area contributed by atoms with Crippen molar-refractivity contribution in [1.29, 1.82) is 0 Å². The van der Waals surface area contributed by atoms with Gasteiger partial charge in [-0.2, -0.15) is 23.3 Å². The van der Waals surface area contributed by atoms with Crippen molar-refractivity contribution in [1.82, 2.24) is 25.3 Å². The van der Waals surface area contributed by atoms with E-state index in [-0.39, 0.29) is 28.8 Å². The van der Waals surface area contributed by atoms with Crippen molar-refractivity contribution in [2.24, 2.45) is 0 Å². The maximum Gasteiger partial charge on any atom is 0.416 e. The third-order valence-electron chi connectivity index (χ3n) is 2.66. The average Bonchev–Trinajstić information content (AvgIpc) is 3.09. The fourth-order valence-electron chi connectivity index (χ4n) is 1.66. The van der Waals surface area contributed by atoms with E-state index >= 15 is 0 Å². The largest absolute Gasteiger partial charge is 0.416 e. The summed E-state index contributed by atoms with van der Waals surface area (Å²) in [6.45, 7) is 0. The first-order valence-corrected chi connectivity index (χ1v) is 5.61. The third-order valence-corrected chi connectivity index (χ3v) is 2.66. The van der Waals surface area contributed by atoms with E-state index in [1.807, 2.05) is 0 Å². The van der Waals surface area contributed by atoms with E-state index in [2.05, 4.69) is 25.3 Å². The number of aromatic nitrogens is 5. The summed E-state index contributed by atoms with van der Waals surface area (Å²) >= 11 is 0. The van der Waals surface area contributed by atoms with E-state index in [0.717, 1.165) is 18.2 Å². The van der Waals surface area contributed by atoms with E-state index in [0.29, 0.717) is 0 Å². The van der Waals surface area contributed by atoms with Gasteiger partial charge in [0.05, 0.1) is 11.1 Å². The van der Waals surface area contributed by atoms with E-state index in [1.165, 1.54) is 6.33 Å². The van der Waals surface area contributed by atoms with E-state index in [9.17, 15) is 13.2 Å². The normalized spacial score (nSPS) is 11.8. The molecule has 0 aliphatic rings. The van der Waals surface area contributed by atoms with Gasteiger partial charge in [-0.3, -0.25) is 5.10 Å². The van der Waals surface area contributed by atoms with Crippen LogP contribution < -0.4 is 5.73 Å². The fraction of sp³-hybridized carbons (Fsp3) is 0.0909. The highest BCUT2D eigenvalue weighted by Gasteiger charge is 2.31. The number of hydrogen-bond acceptors (Lipinski definition) is 6. The van der Waals surface area contributed by atoms with Crippen LogP contribution in [0.4, 0.5) is 18.9 Å². The SMILES string of the molecule is Nc1ccc(C(F)(F)F)cc1-c1nc(-c2ncn[nH]2)no1. The van der Waals surface area contributed by atoms with Gasteiger partial charge in [0.2, 0.25) is 5.82 Å². The van der Waals surface area contributed by atoms with Gasteiger partial charge in [-0.15, -0.1) is 0 Å². The van der Waals surface area contributed by atoms with Gasteiger partial charge in [-0.05, 0) is 18.2 Å². The second kappa shape index (κ2) is 4.58. The molecule has 3 rings (SSSR count). The van der Waals surface area contributed by atoms with Crippen molar-refractivity contribution in [2.75, 3.05) is 5.73 Å². The van der Waals surface area contributed by atoms with Gasteiger partial charge in [-0.25, -0.2) is 4.98 Å². The standard InChI is InChI=1S/C11H7F3N6O/c12-11(13,14)5-1-2-7(15)6(3-5)10-18-9(20-21-10)8-16-4-17-19-8/h1-4H,15H2,(H,16,17,19). The zero-order valence-corrected chi connectivity index (χ0v) is 10.2. The first-order chi connectivity index (χ1) is 9.95. The Morgan fingerprint density at radius 2 is 2.05 bits per heavy atom. The van der Waals surface area contributed by atoms with Crippen LogP contribution in [0.25, 0.3) is 23.1 Å². The molecule has 0 aliphatic carbocycles. The summed E-state index contributed by atoms with van der Waals surface area (Å²) in [4.78, 5) is 7.76. The van der Waals surface area contributed by atoms with E-state index < -0.39 is 11.7 Å². The summed E-state index contributed by atoms with van der Waals surface area (Å²) < 4.78 is 43.1. The predicted molar refractivity (Wildman–Crippen MR) is 64.5 cm³/mol. The minimum absolute atomic E-state index is 0.00286. The Morgan fingerprint density at radius 1 is 1.24 bits per heavy atom. The third kappa shape index (κ3) is 2.42. The number of nitrogens with two attached hydrogens (primary N) is 1. The van der Waals surface area contributed by atoms with Crippen LogP contribution in [-0.4, -0.2) is 25.3 Å². The molecule has 108 valence electrons. The van der Waals surface area contributed by atoms with Gasteiger partial charge in [0.15, 0.2) is 5.82 Å². The van der Waals surface area contributed by atoms with Gasteiger partial charge in [0.1, 0.15) is 6.33 Å². The van der Waals surface area contributed by atoms with Crippen molar-refractivity contribution >= 4 is 5.69 Å². The van der Waals surface area contributed by atoms with Gasteiger partial charge < -0.3 is 10.3 Å². The molecule has 7 nitrogen and oxygen atoms in total. The molecule has 10 heteroatoms. The molecule has 2 aromatic heterocycles. The molecule has 2 heterocycles. The number of hydrogen-bond donors (Lipinski definition) is 2. The lowest BCUT2D eigenvalue weighted by Crippen LogP contribution is -2.05. The smallest absolute Gasteiger partial charge is 0.398 e. The fourth-order valence-corrected chi connectivity index (χ4v) is 1.66. The Balaban J connectivity index is 2.04. The van der Waals surface area contributed by atoms with Crippen LogP contribution in [0.1, 0.15) is 5.56 Å². The molecular weight excluding hydrogens is 289 g/mol. The van der Waals surface area contributed by atoms with Gasteiger partial charge in [-0.1, -0.05) is 5.16 Å². The second-order valence-electron chi connectivity index (χ2n) is 4.06. The minimum Gasteiger partial charge on any atom is -0.398 e. The molecule has 0 saturated heterocycles. The van der Waals surface area contributed by atoms with Crippen molar-refractivity contribution in [3.8, 4) is 23.1 Å². The summed E-state index contributed by atoms with van der Waals surface area (Å²) in [5.41, 5.74) is 4.90. The van der Waals surface area contributed by atoms with Crippen LogP contribution in [0.3, 0.4) is 0 Å². The number of nitrogens with one attached hydrogen (secondary N) is 1. The van der Waals surface area contributed by atoms with Crippen molar-refractivity contribution in [3.63, 3.8) is 0 Å². The van der Waals surface area contributed by atoms with Gasteiger partial charge in [0, 0.05) is 5.69 Å². The van der Waals surface area contributed by atoms with Crippen molar-refractivity contribution < 1.29 is 17.7 Å². The maximum absolute atomic E-state index is 12.7. The minimum atomic E-state index is -4.49. The Hall–Kier alpha value is -2.91. The lowest BCUT2D eigenvalue weighted by Gasteiger charge is -2.08. The summed E-state index contributed by atoms with van der Waals surface area (Å²) in [6.07, 6.45) is -3.25. The van der Waals surface area contributed by atoms with E-state index in [1.54, 1.807) is 0 Å². The Bertz CT molecular complexity index is 765. The van der Waals surface area contributed by atoms with Gasteiger partial charge in [0.25, 0.3) is 5.89 Å². The zero-order valence-electron chi connectivity index (χ0n) is 10.2. The number of anilines is 1. The number of nitrogen functional groups attached to an aromatic ring is 1. The Kier molecular flexibility index (Phi) is 2.85. The molecule has 0 aliphatic heterocycles. The molecule has 0 unspecified atom stereocenters. The van der Waals surface area contributed by atoms with Crippen molar-refractivity contribution in [2.45, 2.75) is 6.18 Å². The number of aromatic amines is 1. The molecular formula is C11H7F3N6O. The predicted octanol–water partition coefficient (Wildman–Crippen LogP) is 2.12. The Labute approximate surface area is 115 Å². The molecule has 21 heavy (non-hydrogen) atoms. The average molecular weight is 296 g/mol. The highest BCUT2D eigenvalue weighted by atomic mass is 19.4. The number of rotatable bonds is 2. The number of halogens is 3. The topological polar surface area (TPSA) is 107 Å². The number of alkyl halides is 3. The lowest BCUT2D eigenvalue weighted by atomic mass is 10.1. The summed E-state index contributed by atoms with van der Waals surface area (Å²) in [6, 6.07) is 2.87. The second-order valence-corrected chi connectivity index (χ2v) is 4.06. The molecule has 0 spiro atoms. The molecule has 3 aromatic rings. The molecule has 3 N–H and O–H groups in total. The van der Waals surface area contributed by atoms with Crippen LogP contribution in [0.15, 0.2) is 29.0 Å². The molecule has 0 amide bonds. The number of nitrogens with zero attached hydrogens (tertiary/aromatic N) is 4. The molecule has 0 radical (unpaired) electrons. The van der Waals surface area contributed by atoms with Crippen LogP contribution in [-0.2, 0) is 6.18 Å². The first kappa shape index (κ1) is 13.1. The van der Waals surface area contributed by atoms with E-state index in [4.69, 9.17) is 10.3 Å². The molecule has 0 saturated carbocycles. The molecule has 0 atom stereocenters. The number of benzene rings is 1. The lowest BCUT2D eigenvalue weighted by molar-refractivity contribution is -0.137. The maximum atomic E-state index is 12.7. The van der Waals surface area contributed by atoms with Crippen LogP contribution >= 0.6 is 0 Å².